The van der Waals surface area contributed by atoms with Gasteiger partial charge in [0.1, 0.15) is 5.75 Å². The van der Waals surface area contributed by atoms with Gasteiger partial charge < -0.3 is 10.1 Å². The average molecular weight is 295 g/mol. The molecular formula is C19H21NO2. The van der Waals surface area contributed by atoms with E-state index in [2.05, 4.69) is 5.32 Å². The summed E-state index contributed by atoms with van der Waals surface area (Å²) in [7, 11) is 0. The van der Waals surface area contributed by atoms with Crippen LogP contribution in [0.25, 0.3) is 0 Å². The van der Waals surface area contributed by atoms with Crippen LogP contribution >= 0.6 is 0 Å². The minimum absolute atomic E-state index is 0.0956. The zero-order valence-electron chi connectivity index (χ0n) is 12.8. The number of benzene rings is 2. The molecule has 1 fully saturated rings. The van der Waals surface area contributed by atoms with E-state index in [1.165, 1.54) is 12.8 Å². The molecule has 0 heterocycles. The Kier molecular flexibility index (Phi) is 4.42. The SMILES string of the molecule is Cc1cccc(C(=O)Nc2cccc(OC3CCCC3)c2)c1. The van der Waals surface area contributed by atoms with Crippen molar-refractivity contribution in [3.63, 3.8) is 0 Å². The molecule has 0 unspecified atom stereocenters. The lowest BCUT2D eigenvalue weighted by Crippen LogP contribution is -2.13. The van der Waals surface area contributed by atoms with Crippen LogP contribution in [0, 0.1) is 6.92 Å². The van der Waals surface area contributed by atoms with Crippen molar-refractivity contribution in [3.8, 4) is 5.75 Å². The largest absolute Gasteiger partial charge is 0.490 e. The summed E-state index contributed by atoms with van der Waals surface area (Å²) in [6.45, 7) is 1.98. The van der Waals surface area contributed by atoms with Gasteiger partial charge in [0.2, 0.25) is 0 Å². The van der Waals surface area contributed by atoms with Gasteiger partial charge in [-0.05, 0) is 56.9 Å². The molecule has 1 aliphatic rings. The number of ether oxygens (including phenoxy) is 1. The molecule has 0 spiro atoms. The number of nitrogens with one attached hydrogen (secondary N) is 1. The van der Waals surface area contributed by atoms with Crippen LogP contribution in [0.1, 0.15) is 41.6 Å². The lowest BCUT2D eigenvalue weighted by atomic mass is 10.1. The van der Waals surface area contributed by atoms with E-state index in [1.807, 2.05) is 55.5 Å². The van der Waals surface area contributed by atoms with Crippen molar-refractivity contribution in [1.82, 2.24) is 0 Å². The highest BCUT2D eigenvalue weighted by Crippen LogP contribution is 2.26. The predicted molar refractivity (Wildman–Crippen MR) is 88.5 cm³/mol. The average Bonchev–Trinajstić information content (AvgIpc) is 3.00. The van der Waals surface area contributed by atoms with Crippen molar-refractivity contribution >= 4 is 11.6 Å². The van der Waals surface area contributed by atoms with Crippen molar-refractivity contribution in [2.24, 2.45) is 0 Å². The quantitative estimate of drug-likeness (QED) is 0.897. The van der Waals surface area contributed by atoms with Crippen molar-refractivity contribution in [2.75, 3.05) is 5.32 Å². The molecule has 0 aliphatic heterocycles. The van der Waals surface area contributed by atoms with Crippen molar-refractivity contribution in [1.29, 1.82) is 0 Å². The third-order valence-corrected chi connectivity index (χ3v) is 3.98. The maximum absolute atomic E-state index is 12.3. The van der Waals surface area contributed by atoms with E-state index < -0.39 is 0 Å². The minimum atomic E-state index is -0.0956. The lowest BCUT2D eigenvalue weighted by molar-refractivity contribution is 0.102. The summed E-state index contributed by atoms with van der Waals surface area (Å²) < 4.78 is 5.97. The van der Waals surface area contributed by atoms with Crippen LogP contribution < -0.4 is 10.1 Å². The third-order valence-electron chi connectivity index (χ3n) is 3.98. The monoisotopic (exact) mass is 295 g/mol. The topological polar surface area (TPSA) is 38.3 Å². The molecule has 1 saturated carbocycles. The third kappa shape index (κ3) is 3.67. The second kappa shape index (κ2) is 6.65. The van der Waals surface area contributed by atoms with E-state index in [1.54, 1.807) is 0 Å². The molecule has 3 nitrogen and oxygen atoms in total. The molecule has 1 amide bonds. The highest BCUT2D eigenvalue weighted by Gasteiger charge is 2.16. The van der Waals surface area contributed by atoms with Gasteiger partial charge in [0.05, 0.1) is 6.10 Å². The zero-order valence-corrected chi connectivity index (χ0v) is 12.8. The van der Waals surface area contributed by atoms with Gasteiger partial charge in [-0.1, -0.05) is 23.8 Å². The minimum Gasteiger partial charge on any atom is -0.490 e. The molecule has 1 aliphatic carbocycles. The van der Waals surface area contributed by atoms with Crippen molar-refractivity contribution in [3.05, 3.63) is 59.7 Å². The maximum Gasteiger partial charge on any atom is 0.255 e. The Morgan fingerprint density at radius 2 is 1.86 bits per heavy atom. The molecule has 2 aromatic carbocycles. The molecule has 0 bridgehead atoms. The molecule has 2 aromatic rings. The van der Waals surface area contributed by atoms with E-state index in [9.17, 15) is 4.79 Å². The molecule has 0 saturated heterocycles. The predicted octanol–water partition coefficient (Wildman–Crippen LogP) is 4.57. The molecular weight excluding hydrogens is 274 g/mol. The summed E-state index contributed by atoms with van der Waals surface area (Å²) >= 11 is 0. The van der Waals surface area contributed by atoms with Crippen LogP contribution in [0.4, 0.5) is 5.69 Å². The number of hydrogen-bond donors (Lipinski definition) is 1. The van der Waals surface area contributed by atoms with Gasteiger partial charge in [-0.25, -0.2) is 0 Å². The van der Waals surface area contributed by atoms with Crippen LogP contribution in [0.5, 0.6) is 5.75 Å². The van der Waals surface area contributed by atoms with E-state index in [0.29, 0.717) is 11.7 Å². The van der Waals surface area contributed by atoms with Crippen LogP contribution in [0.15, 0.2) is 48.5 Å². The van der Waals surface area contributed by atoms with Crippen molar-refractivity contribution < 1.29 is 9.53 Å². The van der Waals surface area contributed by atoms with E-state index >= 15 is 0 Å². The summed E-state index contributed by atoms with van der Waals surface area (Å²) in [4.78, 5) is 12.3. The van der Waals surface area contributed by atoms with E-state index in [4.69, 9.17) is 4.74 Å². The molecule has 1 N–H and O–H groups in total. The van der Waals surface area contributed by atoms with Crippen LogP contribution in [0.3, 0.4) is 0 Å². The molecule has 0 radical (unpaired) electrons. The van der Waals surface area contributed by atoms with E-state index in [-0.39, 0.29) is 5.91 Å². The number of rotatable bonds is 4. The van der Waals surface area contributed by atoms with Gasteiger partial charge in [0, 0.05) is 17.3 Å². The Bertz CT molecular complexity index is 660. The number of aryl methyl sites for hydroxylation is 1. The Hall–Kier alpha value is -2.29. The number of hydrogen-bond acceptors (Lipinski definition) is 2. The molecule has 0 aromatic heterocycles. The van der Waals surface area contributed by atoms with Gasteiger partial charge in [-0.3, -0.25) is 4.79 Å². The Morgan fingerprint density at radius 1 is 1.09 bits per heavy atom. The van der Waals surface area contributed by atoms with Gasteiger partial charge >= 0.3 is 0 Å². The first kappa shape index (κ1) is 14.6. The van der Waals surface area contributed by atoms with Gasteiger partial charge in [0.15, 0.2) is 0 Å². The second-order valence-electron chi connectivity index (χ2n) is 5.88. The molecule has 114 valence electrons. The second-order valence-corrected chi connectivity index (χ2v) is 5.88. The van der Waals surface area contributed by atoms with Crippen LogP contribution in [-0.4, -0.2) is 12.0 Å². The first-order valence-electron chi connectivity index (χ1n) is 7.85. The molecule has 22 heavy (non-hydrogen) atoms. The van der Waals surface area contributed by atoms with Crippen LogP contribution in [-0.2, 0) is 0 Å². The first-order valence-corrected chi connectivity index (χ1v) is 7.85. The number of carbonyl (C=O) groups is 1. The first-order chi connectivity index (χ1) is 10.7. The number of anilines is 1. The molecule has 0 atom stereocenters. The van der Waals surface area contributed by atoms with Gasteiger partial charge in [-0.2, -0.15) is 0 Å². The fourth-order valence-corrected chi connectivity index (χ4v) is 2.84. The zero-order chi connectivity index (χ0) is 15.4. The number of amides is 1. The maximum atomic E-state index is 12.3. The van der Waals surface area contributed by atoms with Gasteiger partial charge in [0.25, 0.3) is 5.91 Å². The highest BCUT2D eigenvalue weighted by atomic mass is 16.5. The summed E-state index contributed by atoms with van der Waals surface area (Å²) in [5, 5.41) is 2.93. The lowest BCUT2D eigenvalue weighted by Gasteiger charge is -2.14. The smallest absolute Gasteiger partial charge is 0.255 e. The van der Waals surface area contributed by atoms with Crippen LogP contribution in [0.2, 0.25) is 0 Å². The molecule has 3 rings (SSSR count). The van der Waals surface area contributed by atoms with E-state index in [0.717, 1.165) is 29.8 Å². The normalized spacial score (nSPS) is 14.8. The summed E-state index contributed by atoms with van der Waals surface area (Å²) in [6.07, 6.45) is 5.06. The highest BCUT2D eigenvalue weighted by molar-refractivity contribution is 6.04. The fraction of sp³-hybridized carbons (Fsp3) is 0.316. The molecule has 3 heteroatoms. The fourth-order valence-electron chi connectivity index (χ4n) is 2.84. The van der Waals surface area contributed by atoms with Gasteiger partial charge in [-0.15, -0.1) is 0 Å². The Labute approximate surface area is 131 Å². The standard InChI is InChI=1S/C19H21NO2/c1-14-6-4-7-15(12-14)19(21)20-16-8-5-11-18(13-16)22-17-9-2-3-10-17/h4-8,11-13,17H,2-3,9-10H2,1H3,(H,20,21). The Balaban J connectivity index is 1.68. The number of carbonyl (C=O) groups excluding carboxylic acids is 1. The summed E-state index contributed by atoms with van der Waals surface area (Å²) in [5.41, 5.74) is 2.51. The summed E-state index contributed by atoms with van der Waals surface area (Å²) in [5.74, 6) is 0.732. The Morgan fingerprint density at radius 3 is 2.64 bits per heavy atom. The van der Waals surface area contributed by atoms with Crippen molar-refractivity contribution in [2.45, 2.75) is 38.7 Å². The summed E-state index contributed by atoms with van der Waals surface area (Å²) in [6, 6.07) is 15.2.